The van der Waals surface area contributed by atoms with Crippen LogP contribution in [0.2, 0.25) is 0 Å². The standard InChI is InChI=1S/C23H24N4OS/c1-28-21-10-6-5-9-19(21)26-13-11-25(12-14-26)17-20-22(18-7-3-2-4-8-18)24-23-27(20)15-16-29-23/h2-10,15-16H,11-14,17H2,1H3. The van der Waals surface area contributed by atoms with E-state index in [1.807, 2.05) is 12.1 Å². The van der Waals surface area contributed by atoms with Crippen molar-refractivity contribution in [1.29, 1.82) is 0 Å². The summed E-state index contributed by atoms with van der Waals surface area (Å²) < 4.78 is 7.80. The fraction of sp³-hybridized carbons (Fsp3) is 0.261. The van der Waals surface area contributed by atoms with Crippen molar-refractivity contribution in [3.05, 3.63) is 71.9 Å². The number of para-hydroxylation sites is 2. The Hall–Kier alpha value is -2.83. The highest BCUT2D eigenvalue weighted by Gasteiger charge is 2.23. The van der Waals surface area contributed by atoms with Gasteiger partial charge in [-0.15, -0.1) is 11.3 Å². The van der Waals surface area contributed by atoms with Crippen LogP contribution in [-0.4, -0.2) is 47.6 Å². The van der Waals surface area contributed by atoms with E-state index in [0.717, 1.165) is 49.1 Å². The number of imidazole rings is 1. The number of anilines is 1. The van der Waals surface area contributed by atoms with E-state index in [1.165, 1.54) is 16.9 Å². The first-order chi connectivity index (χ1) is 14.3. The molecule has 1 saturated heterocycles. The zero-order valence-corrected chi connectivity index (χ0v) is 17.3. The Morgan fingerprint density at radius 3 is 2.52 bits per heavy atom. The number of benzene rings is 2. The normalized spacial score (nSPS) is 15.1. The van der Waals surface area contributed by atoms with Gasteiger partial charge in [-0.3, -0.25) is 9.30 Å². The fourth-order valence-electron chi connectivity index (χ4n) is 4.06. The van der Waals surface area contributed by atoms with Crippen LogP contribution in [0.15, 0.2) is 66.2 Å². The number of fused-ring (bicyclic) bond motifs is 1. The quantitative estimate of drug-likeness (QED) is 0.494. The Balaban J connectivity index is 1.36. The van der Waals surface area contributed by atoms with Crippen LogP contribution in [0.5, 0.6) is 5.75 Å². The van der Waals surface area contributed by atoms with Crippen LogP contribution in [-0.2, 0) is 6.54 Å². The number of rotatable bonds is 5. The Morgan fingerprint density at radius 1 is 0.966 bits per heavy atom. The molecule has 0 bridgehead atoms. The Bertz CT molecular complexity index is 1100. The van der Waals surface area contributed by atoms with E-state index >= 15 is 0 Å². The van der Waals surface area contributed by atoms with E-state index in [2.05, 4.69) is 68.2 Å². The number of piperazine rings is 1. The average molecular weight is 405 g/mol. The molecule has 2 aromatic heterocycles. The van der Waals surface area contributed by atoms with Crippen molar-refractivity contribution >= 4 is 22.0 Å². The summed E-state index contributed by atoms with van der Waals surface area (Å²) in [6.07, 6.45) is 2.14. The molecule has 148 valence electrons. The highest BCUT2D eigenvalue weighted by Crippen LogP contribution is 2.30. The number of ether oxygens (including phenoxy) is 1. The smallest absolute Gasteiger partial charge is 0.194 e. The molecule has 0 unspecified atom stereocenters. The maximum absolute atomic E-state index is 5.55. The van der Waals surface area contributed by atoms with E-state index < -0.39 is 0 Å². The van der Waals surface area contributed by atoms with Crippen molar-refractivity contribution in [3.63, 3.8) is 0 Å². The first-order valence-electron chi connectivity index (χ1n) is 9.93. The van der Waals surface area contributed by atoms with E-state index in [-0.39, 0.29) is 0 Å². The summed E-state index contributed by atoms with van der Waals surface area (Å²) in [5.74, 6) is 0.947. The molecule has 5 rings (SSSR count). The fourth-order valence-corrected chi connectivity index (χ4v) is 4.79. The zero-order chi connectivity index (χ0) is 19.6. The maximum atomic E-state index is 5.55. The molecular formula is C23H24N4OS. The molecule has 29 heavy (non-hydrogen) atoms. The van der Waals surface area contributed by atoms with Gasteiger partial charge >= 0.3 is 0 Å². The number of hydrogen-bond donors (Lipinski definition) is 0. The van der Waals surface area contributed by atoms with Crippen LogP contribution in [0, 0.1) is 0 Å². The Labute approximate surface area is 174 Å². The second-order valence-corrected chi connectivity index (χ2v) is 8.14. The van der Waals surface area contributed by atoms with Crippen LogP contribution < -0.4 is 9.64 Å². The molecular weight excluding hydrogens is 380 g/mol. The van der Waals surface area contributed by atoms with Crippen molar-refractivity contribution in [3.8, 4) is 17.0 Å². The van der Waals surface area contributed by atoms with Crippen molar-refractivity contribution < 1.29 is 4.74 Å². The van der Waals surface area contributed by atoms with Gasteiger partial charge < -0.3 is 9.64 Å². The molecule has 0 atom stereocenters. The minimum Gasteiger partial charge on any atom is -0.495 e. The third kappa shape index (κ3) is 3.50. The highest BCUT2D eigenvalue weighted by molar-refractivity contribution is 7.15. The largest absolute Gasteiger partial charge is 0.495 e. The van der Waals surface area contributed by atoms with Gasteiger partial charge in [-0.1, -0.05) is 42.5 Å². The van der Waals surface area contributed by atoms with Gasteiger partial charge in [0.1, 0.15) is 5.75 Å². The molecule has 0 spiro atoms. The van der Waals surface area contributed by atoms with Gasteiger partial charge in [0.05, 0.1) is 24.2 Å². The minimum absolute atomic E-state index is 0.905. The molecule has 4 aromatic rings. The average Bonchev–Trinajstić information content (AvgIpc) is 3.37. The van der Waals surface area contributed by atoms with Gasteiger partial charge in [-0.2, -0.15) is 0 Å². The highest BCUT2D eigenvalue weighted by atomic mass is 32.1. The summed E-state index contributed by atoms with van der Waals surface area (Å²) in [6, 6.07) is 18.8. The molecule has 3 heterocycles. The van der Waals surface area contributed by atoms with Gasteiger partial charge in [0.2, 0.25) is 0 Å². The van der Waals surface area contributed by atoms with Crippen molar-refractivity contribution in [1.82, 2.24) is 14.3 Å². The number of hydrogen-bond acceptors (Lipinski definition) is 5. The minimum atomic E-state index is 0.905. The van der Waals surface area contributed by atoms with Crippen molar-refractivity contribution in [2.24, 2.45) is 0 Å². The third-order valence-corrected chi connectivity index (χ3v) is 6.34. The molecule has 0 N–H and O–H groups in total. The second kappa shape index (κ2) is 7.89. The van der Waals surface area contributed by atoms with E-state index in [0.29, 0.717) is 0 Å². The summed E-state index contributed by atoms with van der Waals surface area (Å²) in [4.78, 5) is 10.9. The molecule has 2 aromatic carbocycles. The maximum Gasteiger partial charge on any atom is 0.194 e. The molecule has 0 aliphatic carbocycles. The number of aromatic nitrogens is 2. The summed E-state index contributed by atoms with van der Waals surface area (Å²) in [6.45, 7) is 4.93. The van der Waals surface area contributed by atoms with E-state index in [9.17, 15) is 0 Å². The molecule has 0 radical (unpaired) electrons. The molecule has 1 aliphatic heterocycles. The van der Waals surface area contributed by atoms with Crippen molar-refractivity contribution in [2.75, 3.05) is 38.2 Å². The molecule has 1 aliphatic rings. The number of methoxy groups -OCH3 is 1. The zero-order valence-electron chi connectivity index (χ0n) is 16.5. The summed E-state index contributed by atoms with van der Waals surface area (Å²) >= 11 is 1.69. The number of nitrogens with zero attached hydrogens (tertiary/aromatic N) is 4. The lowest BCUT2D eigenvalue weighted by Gasteiger charge is -2.36. The molecule has 1 fully saturated rings. The second-order valence-electron chi connectivity index (χ2n) is 7.26. The lowest BCUT2D eigenvalue weighted by atomic mass is 10.1. The summed E-state index contributed by atoms with van der Waals surface area (Å²) in [5.41, 5.74) is 4.75. The Kier molecular flexibility index (Phi) is 4.96. The van der Waals surface area contributed by atoms with Gasteiger partial charge in [0.25, 0.3) is 0 Å². The van der Waals surface area contributed by atoms with Crippen LogP contribution in [0.4, 0.5) is 5.69 Å². The third-order valence-electron chi connectivity index (χ3n) is 5.58. The van der Waals surface area contributed by atoms with Crippen LogP contribution in [0.25, 0.3) is 16.2 Å². The molecule has 0 amide bonds. The lowest BCUT2D eigenvalue weighted by molar-refractivity contribution is 0.246. The molecule has 6 heteroatoms. The van der Waals surface area contributed by atoms with Crippen LogP contribution in [0.1, 0.15) is 5.69 Å². The van der Waals surface area contributed by atoms with Gasteiger partial charge in [0.15, 0.2) is 4.96 Å². The summed E-state index contributed by atoms with van der Waals surface area (Å²) in [5, 5.41) is 2.11. The first-order valence-corrected chi connectivity index (χ1v) is 10.8. The summed E-state index contributed by atoms with van der Waals surface area (Å²) in [7, 11) is 1.74. The van der Waals surface area contributed by atoms with Gasteiger partial charge in [-0.05, 0) is 12.1 Å². The monoisotopic (exact) mass is 404 g/mol. The van der Waals surface area contributed by atoms with Crippen molar-refractivity contribution in [2.45, 2.75) is 6.54 Å². The van der Waals surface area contributed by atoms with E-state index in [4.69, 9.17) is 9.72 Å². The van der Waals surface area contributed by atoms with Gasteiger partial charge in [-0.25, -0.2) is 4.98 Å². The molecule has 5 nitrogen and oxygen atoms in total. The van der Waals surface area contributed by atoms with Crippen LogP contribution in [0.3, 0.4) is 0 Å². The number of thiazole rings is 1. The van der Waals surface area contributed by atoms with Crippen LogP contribution >= 0.6 is 11.3 Å². The molecule has 0 saturated carbocycles. The predicted octanol–water partition coefficient (Wildman–Crippen LogP) is 4.39. The van der Waals surface area contributed by atoms with E-state index in [1.54, 1.807) is 18.4 Å². The van der Waals surface area contributed by atoms with Gasteiger partial charge in [0, 0.05) is 49.9 Å². The first kappa shape index (κ1) is 18.2. The Morgan fingerprint density at radius 2 is 1.72 bits per heavy atom. The SMILES string of the molecule is COc1ccccc1N1CCN(Cc2c(-c3ccccc3)nc3sccn23)CC1. The lowest BCUT2D eigenvalue weighted by Crippen LogP contribution is -2.46. The topological polar surface area (TPSA) is 33.0 Å². The predicted molar refractivity (Wildman–Crippen MR) is 119 cm³/mol.